The molecule has 0 saturated carbocycles. The molecular weight excluding hydrogens is 400 g/mol. The summed E-state index contributed by atoms with van der Waals surface area (Å²) in [6.45, 7) is 5.50. The lowest BCUT2D eigenvalue weighted by molar-refractivity contribution is -0.765. The Labute approximate surface area is 179 Å². The van der Waals surface area contributed by atoms with Gasteiger partial charge < -0.3 is 9.52 Å². The van der Waals surface area contributed by atoms with Crippen LogP contribution in [0.2, 0.25) is 0 Å². The van der Waals surface area contributed by atoms with E-state index in [4.69, 9.17) is 4.42 Å². The number of thioether (sulfide) groups is 1. The predicted molar refractivity (Wildman–Crippen MR) is 112 cm³/mol. The van der Waals surface area contributed by atoms with E-state index < -0.39 is 6.17 Å². The lowest BCUT2D eigenvalue weighted by Crippen LogP contribution is -2.58. The summed E-state index contributed by atoms with van der Waals surface area (Å²) in [5, 5.41) is 18.2. The van der Waals surface area contributed by atoms with Gasteiger partial charge >= 0.3 is 6.17 Å². The van der Waals surface area contributed by atoms with Crippen molar-refractivity contribution in [3.63, 3.8) is 0 Å². The Morgan fingerprint density at radius 1 is 1.27 bits per heavy atom. The van der Waals surface area contributed by atoms with Crippen LogP contribution in [0.4, 0.5) is 5.69 Å². The van der Waals surface area contributed by atoms with Crippen LogP contribution in [-0.2, 0) is 4.79 Å². The number of rotatable bonds is 6. The van der Waals surface area contributed by atoms with Crippen molar-refractivity contribution in [1.82, 2.24) is 10.1 Å². The van der Waals surface area contributed by atoms with Crippen molar-refractivity contribution in [2.24, 2.45) is 0 Å². The van der Waals surface area contributed by atoms with Crippen LogP contribution >= 0.6 is 11.8 Å². The fourth-order valence-corrected chi connectivity index (χ4v) is 4.53. The number of hydrogen-bond acceptors (Lipinski definition) is 6. The first-order valence-corrected chi connectivity index (χ1v) is 11.1. The molecule has 156 valence electrons. The third-order valence-electron chi connectivity index (χ3n) is 5.05. The molecule has 1 atom stereocenters. The molecule has 3 aromatic rings. The second-order valence-electron chi connectivity index (χ2n) is 7.28. The van der Waals surface area contributed by atoms with E-state index in [-0.39, 0.29) is 11.8 Å². The summed E-state index contributed by atoms with van der Waals surface area (Å²) < 4.78 is 7.48. The zero-order valence-corrected chi connectivity index (χ0v) is 18.1. The fourth-order valence-electron chi connectivity index (χ4n) is 3.70. The van der Waals surface area contributed by atoms with Crippen molar-refractivity contribution < 1.29 is 19.0 Å². The molecule has 7 nitrogen and oxygen atoms in total. The molecule has 8 heteroatoms. The van der Waals surface area contributed by atoms with Crippen molar-refractivity contribution in [2.45, 2.75) is 51.4 Å². The van der Waals surface area contributed by atoms with Crippen molar-refractivity contribution in [2.75, 3.05) is 10.7 Å². The van der Waals surface area contributed by atoms with E-state index in [2.05, 4.69) is 17.0 Å². The molecular formula is C22H24N4O3S. The number of nitrogens with zero attached hydrogens (tertiary/aromatic N) is 4. The maximum atomic E-state index is 13.1. The van der Waals surface area contributed by atoms with Crippen molar-refractivity contribution in [3.8, 4) is 17.1 Å². The van der Waals surface area contributed by atoms with E-state index in [1.54, 1.807) is 9.58 Å². The quantitative estimate of drug-likeness (QED) is 0.341. The highest BCUT2D eigenvalue weighted by Gasteiger charge is 2.45. The number of benzene rings is 1. The zero-order valence-electron chi connectivity index (χ0n) is 17.3. The minimum absolute atomic E-state index is 0.164. The molecule has 0 N–H and O–H groups in total. The van der Waals surface area contributed by atoms with Crippen LogP contribution in [0, 0.1) is 6.92 Å². The minimum Gasteiger partial charge on any atom is -0.854 e. The molecule has 0 saturated heterocycles. The van der Waals surface area contributed by atoms with Gasteiger partial charge in [-0.15, -0.1) is 0 Å². The summed E-state index contributed by atoms with van der Waals surface area (Å²) in [6.07, 6.45) is 2.59. The van der Waals surface area contributed by atoms with Gasteiger partial charge in [-0.25, -0.2) is 9.88 Å². The van der Waals surface area contributed by atoms with Gasteiger partial charge in [-0.1, -0.05) is 43.7 Å². The average Bonchev–Trinajstić information content (AvgIpc) is 3.15. The fraction of sp³-hybridized carbons (Fsp3) is 0.364. The largest absolute Gasteiger partial charge is 0.854 e. The van der Waals surface area contributed by atoms with Crippen LogP contribution < -0.4 is 14.7 Å². The molecule has 3 heterocycles. The minimum atomic E-state index is -0.688. The third-order valence-corrected chi connectivity index (χ3v) is 5.97. The van der Waals surface area contributed by atoms with Crippen LogP contribution in [0.1, 0.15) is 50.8 Å². The second-order valence-corrected chi connectivity index (χ2v) is 8.34. The van der Waals surface area contributed by atoms with Gasteiger partial charge in [-0.2, -0.15) is 0 Å². The maximum Gasteiger partial charge on any atom is 0.325 e. The smallest absolute Gasteiger partial charge is 0.325 e. The third kappa shape index (κ3) is 3.67. The van der Waals surface area contributed by atoms with Crippen LogP contribution in [0.5, 0.6) is 5.88 Å². The van der Waals surface area contributed by atoms with Gasteiger partial charge in [0.1, 0.15) is 5.76 Å². The van der Waals surface area contributed by atoms with E-state index in [9.17, 15) is 9.90 Å². The van der Waals surface area contributed by atoms with Crippen LogP contribution in [0.25, 0.3) is 11.3 Å². The Bertz CT molecular complexity index is 1080. The SMILES string of the molecule is CCCCCSc1nc([O-])c2[n+](n1)C(c1ccc(C)o1)N(C(C)=O)c1ccccc1-2. The molecule has 1 amide bonds. The number of unbranched alkanes of at least 4 members (excludes halogenated alkanes) is 2. The van der Waals surface area contributed by atoms with Crippen molar-refractivity contribution in [1.29, 1.82) is 0 Å². The van der Waals surface area contributed by atoms with Gasteiger partial charge in [0, 0.05) is 17.8 Å². The molecule has 1 aromatic carbocycles. The highest BCUT2D eigenvalue weighted by atomic mass is 32.2. The monoisotopic (exact) mass is 424 g/mol. The van der Waals surface area contributed by atoms with E-state index in [0.717, 1.165) is 30.8 Å². The average molecular weight is 425 g/mol. The summed E-state index contributed by atoms with van der Waals surface area (Å²) in [6, 6.07) is 11.0. The number of fused-ring (bicyclic) bond motifs is 3. The zero-order chi connectivity index (χ0) is 21.3. The Kier molecular flexibility index (Phi) is 5.76. The van der Waals surface area contributed by atoms with E-state index in [1.807, 2.05) is 43.3 Å². The Balaban J connectivity index is 1.88. The number of para-hydroxylation sites is 1. The number of aromatic nitrogens is 3. The summed E-state index contributed by atoms with van der Waals surface area (Å²) >= 11 is 1.46. The lowest BCUT2D eigenvalue weighted by Gasteiger charge is -2.31. The van der Waals surface area contributed by atoms with E-state index >= 15 is 0 Å². The van der Waals surface area contributed by atoms with Crippen LogP contribution in [0.15, 0.2) is 46.0 Å². The molecule has 1 aliphatic rings. The Hall–Kier alpha value is -2.87. The highest BCUT2D eigenvalue weighted by Crippen LogP contribution is 2.41. The van der Waals surface area contributed by atoms with Crippen LogP contribution in [-0.4, -0.2) is 21.7 Å². The Morgan fingerprint density at radius 3 is 2.77 bits per heavy atom. The normalized spacial score (nSPS) is 15.0. The van der Waals surface area contributed by atoms with E-state index in [1.165, 1.54) is 18.7 Å². The van der Waals surface area contributed by atoms with E-state index in [0.29, 0.717) is 27.9 Å². The number of carbonyl (C=O) groups excluding carboxylic acids is 1. The summed E-state index contributed by atoms with van der Waals surface area (Å²) in [5.74, 6) is 1.59. The molecule has 0 bridgehead atoms. The van der Waals surface area contributed by atoms with Gasteiger partial charge in [-0.05, 0) is 42.3 Å². The highest BCUT2D eigenvalue weighted by molar-refractivity contribution is 7.99. The van der Waals surface area contributed by atoms with Gasteiger partial charge in [0.05, 0.1) is 17.1 Å². The molecule has 1 unspecified atom stereocenters. The number of amides is 1. The molecule has 4 rings (SSSR count). The first-order chi connectivity index (χ1) is 14.5. The summed E-state index contributed by atoms with van der Waals surface area (Å²) in [7, 11) is 0. The molecule has 0 aliphatic carbocycles. The predicted octanol–water partition coefficient (Wildman–Crippen LogP) is 3.60. The molecule has 0 spiro atoms. The summed E-state index contributed by atoms with van der Waals surface area (Å²) in [5.41, 5.74) is 1.65. The number of anilines is 1. The molecule has 2 aromatic heterocycles. The van der Waals surface area contributed by atoms with Gasteiger partial charge in [0.2, 0.25) is 5.91 Å². The van der Waals surface area contributed by atoms with Crippen molar-refractivity contribution >= 4 is 23.4 Å². The van der Waals surface area contributed by atoms with Crippen molar-refractivity contribution in [3.05, 3.63) is 47.9 Å². The topological polar surface area (TPSA) is 86.2 Å². The number of aryl methyl sites for hydroxylation is 1. The molecule has 0 fully saturated rings. The number of carbonyl (C=O) groups is 1. The lowest BCUT2D eigenvalue weighted by atomic mass is 10.0. The summed E-state index contributed by atoms with van der Waals surface area (Å²) in [4.78, 5) is 18.6. The molecule has 0 radical (unpaired) electrons. The first kappa shape index (κ1) is 20.4. The van der Waals surface area contributed by atoms with Gasteiger partial charge in [0.25, 0.3) is 10.9 Å². The maximum absolute atomic E-state index is 13.1. The van der Waals surface area contributed by atoms with Gasteiger partial charge in [0.15, 0.2) is 5.76 Å². The van der Waals surface area contributed by atoms with Gasteiger partial charge in [-0.3, -0.25) is 4.79 Å². The first-order valence-electron chi connectivity index (χ1n) is 10.1. The van der Waals surface area contributed by atoms with Crippen LogP contribution in [0.3, 0.4) is 0 Å². The Morgan fingerprint density at radius 2 is 2.07 bits per heavy atom. The number of hydrogen-bond donors (Lipinski definition) is 0. The molecule has 30 heavy (non-hydrogen) atoms. The molecule has 1 aliphatic heterocycles. The standard InChI is InChI=1S/C22H24N4O3S/c1-4-5-8-13-30-22-23-20(28)19-16-9-6-7-10-17(16)25(15(3)27)21(26(19)24-22)18-12-11-14(2)29-18/h6-7,9-12,21H,4-5,8,13H2,1-3H3. The number of furan rings is 1. The second kappa shape index (κ2) is 8.47.